The molecule has 0 atom stereocenters. The lowest BCUT2D eigenvalue weighted by molar-refractivity contribution is 0.0893. The summed E-state index contributed by atoms with van der Waals surface area (Å²) < 4.78 is 3.00. The van der Waals surface area contributed by atoms with E-state index >= 15 is 0 Å². The van der Waals surface area contributed by atoms with E-state index < -0.39 is 11.8 Å². The summed E-state index contributed by atoms with van der Waals surface area (Å²) in [5.41, 5.74) is 3.01. The van der Waals surface area contributed by atoms with Crippen LogP contribution in [-0.4, -0.2) is 32.7 Å². The minimum atomic E-state index is -0.435. The minimum Gasteiger partial charge on any atom is -0.384 e. The van der Waals surface area contributed by atoms with Crippen molar-refractivity contribution in [2.45, 2.75) is 0 Å². The molecule has 0 fully saturated rings. The van der Waals surface area contributed by atoms with Crippen LogP contribution in [0.5, 0.6) is 0 Å². The van der Waals surface area contributed by atoms with Crippen LogP contribution >= 0.6 is 0 Å². The molecule has 5 rings (SSSR count). The van der Waals surface area contributed by atoms with Crippen LogP contribution in [0.15, 0.2) is 53.3 Å². The summed E-state index contributed by atoms with van der Waals surface area (Å²) in [6, 6.07) is 13.7. The molecule has 2 amide bonds. The molecule has 0 spiro atoms. The first kappa shape index (κ1) is 18.9. The van der Waals surface area contributed by atoms with E-state index in [2.05, 4.69) is 11.8 Å². The highest BCUT2D eigenvalue weighted by Crippen LogP contribution is 2.35. The molecular weight excluding hydrogens is 394 g/mol. The number of amides is 2. The van der Waals surface area contributed by atoms with Crippen LogP contribution in [0.25, 0.3) is 21.8 Å². The number of hydrogen-bond donors (Lipinski definition) is 1. The van der Waals surface area contributed by atoms with Gasteiger partial charge < -0.3 is 5.11 Å². The van der Waals surface area contributed by atoms with Gasteiger partial charge >= 0.3 is 5.69 Å². The first-order valence-corrected chi connectivity index (χ1v) is 9.63. The molecule has 0 bridgehead atoms. The van der Waals surface area contributed by atoms with Crippen molar-refractivity contribution in [1.29, 1.82) is 0 Å². The van der Waals surface area contributed by atoms with Gasteiger partial charge in [-0.05, 0) is 41.8 Å². The first-order valence-electron chi connectivity index (χ1n) is 9.63. The molecule has 3 aromatic carbocycles. The highest BCUT2D eigenvalue weighted by molar-refractivity contribution is 6.36. The number of imide groups is 1. The maximum Gasteiger partial charge on any atom is 0.328 e. The van der Waals surface area contributed by atoms with E-state index in [1.165, 1.54) is 9.13 Å². The van der Waals surface area contributed by atoms with Crippen molar-refractivity contribution >= 4 is 39.3 Å². The van der Waals surface area contributed by atoms with Crippen molar-refractivity contribution in [3.05, 3.63) is 75.7 Å². The summed E-state index contributed by atoms with van der Waals surface area (Å²) in [6.07, 6.45) is 0. The summed E-state index contributed by atoms with van der Waals surface area (Å²) in [5, 5.41) is 10.3. The van der Waals surface area contributed by atoms with Gasteiger partial charge in [-0.2, -0.15) is 0 Å². The number of anilines is 1. The second-order valence-electron chi connectivity index (χ2n) is 7.37. The summed E-state index contributed by atoms with van der Waals surface area (Å²) in [4.78, 5) is 40.2. The van der Waals surface area contributed by atoms with Crippen molar-refractivity contribution in [2.24, 2.45) is 14.1 Å². The molecule has 0 radical (unpaired) electrons. The smallest absolute Gasteiger partial charge is 0.328 e. The van der Waals surface area contributed by atoms with Crippen LogP contribution in [0.2, 0.25) is 0 Å². The highest BCUT2D eigenvalue weighted by atomic mass is 16.2. The van der Waals surface area contributed by atoms with Crippen molar-refractivity contribution in [2.75, 3.05) is 11.5 Å². The van der Waals surface area contributed by atoms with Gasteiger partial charge in [0.15, 0.2) is 0 Å². The molecule has 0 unspecified atom stereocenters. The Labute approximate surface area is 176 Å². The van der Waals surface area contributed by atoms with Crippen LogP contribution in [0.1, 0.15) is 26.3 Å². The number of nitrogens with zero attached hydrogens (tertiary/aromatic N) is 3. The van der Waals surface area contributed by atoms with E-state index in [4.69, 9.17) is 5.11 Å². The highest BCUT2D eigenvalue weighted by Gasteiger charge is 2.34. The molecule has 4 aromatic rings. The molecule has 1 aliphatic rings. The lowest BCUT2D eigenvalue weighted by atomic mass is 9.91. The summed E-state index contributed by atoms with van der Waals surface area (Å²) in [6.45, 7) is -0.279. The zero-order valence-electron chi connectivity index (χ0n) is 16.8. The number of aliphatic hydroxyl groups is 1. The zero-order valence-corrected chi connectivity index (χ0v) is 16.8. The van der Waals surface area contributed by atoms with Gasteiger partial charge in [0.1, 0.15) is 6.61 Å². The number of carbonyl (C=O) groups excluding carboxylic acids is 2. The van der Waals surface area contributed by atoms with Gasteiger partial charge in [0.05, 0.1) is 16.7 Å². The summed E-state index contributed by atoms with van der Waals surface area (Å²) >= 11 is 0. The first-order chi connectivity index (χ1) is 14.9. The molecule has 2 heterocycles. The second kappa shape index (κ2) is 6.69. The summed E-state index contributed by atoms with van der Waals surface area (Å²) in [5.74, 6) is 4.62. The van der Waals surface area contributed by atoms with Crippen molar-refractivity contribution in [3.63, 3.8) is 0 Å². The van der Waals surface area contributed by atoms with Crippen molar-refractivity contribution < 1.29 is 14.7 Å². The van der Waals surface area contributed by atoms with Gasteiger partial charge in [0.2, 0.25) is 0 Å². The molecular formula is C24H17N3O4. The van der Waals surface area contributed by atoms with Crippen LogP contribution in [0.3, 0.4) is 0 Å². The minimum absolute atomic E-state index is 0.185. The lowest BCUT2D eigenvalue weighted by Crippen LogP contribution is -2.40. The van der Waals surface area contributed by atoms with Gasteiger partial charge in [-0.25, -0.2) is 9.69 Å². The Morgan fingerprint density at radius 2 is 1.58 bits per heavy atom. The fourth-order valence-corrected chi connectivity index (χ4v) is 4.21. The molecule has 1 aliphatic heterocycles. The third-order valence-corrected chi connectivity index (χ3v) is 5.72. The number of rotatable bonds is 1. The average Bonchev–Trinajstić information content (AvgIpc) is 3.00. The zero-order chi connectivity index (χ0) is 21.9. The van der Waals surface area contributed by atoms with Crippen molar-refractivity contribution in [1.82, 2.24) is 9.13 Å². The molecule has 7 nitrogen and oxygen atoms in total. The predicted molar refractivity (Wildman–Crippen MR) is 117 cm³/mol. The number of benzene rings is 3. The maximum atomic E-state index is 13.4. The number of imidazole rings is 1. The van der Waals surface area contributed by atoms with E-state index in [1.807, 2.05) is 6.07 Å². The Morgan fingerprint density at radius 1 is 0.871 bits per heavy atom. The Morgan fingerprint density at radius 3 is 2.32 bits per heavy atom. The van der Waals surface area contributed by atoms with Gasteiger partial charge in [-0.1, -0.05) is 24.0 Å². The molecule has 1 N–H and O–H groups in total. The van der Waals surface area contributed by atoms with Gasteiger partial charge in [-0.15, -0.1) is 0 Å². The topological polar surface area (TPSA) is 84.5 Å². The van der Waals surface area contributed by atoms with Crippen LogP contribution in [0, 0.1) is 11.8 Å². The van der Waals surface area contributed by atoms with Crippen molar-refractivity contribution in [3.8, 4) is 11.8 Å². The molecule has 152 valence electrons. The van der Waals surface area contributed by atoms with Gasteiger partial charge in [-0.3, -0.25) is 18.7 Å². The summed E-state index contributed by atoms with van der Waals surface area (Å²) in [7, 11) is 3.33. The van der Waals surface area contributed by atoms with Gasteiger partial charge in [0, 0.05) is 36.2 Å². The Kier molecular flexibility index (Phi) is 4.07. The number of fused-ring (bicyclic) bond motifs is 1. The largest absolute Gasteiger partial charge is 0.384 e. The number of hydrogen-bond acceptors (Lipinski definition) is 4. The van der Waals surface area contributed by atoms with E-state index in [9.17, 15) is 14.4 Å². The van der Waals surface area contributed by atoms with Gasteiger partial charge in [0.25, 0.3) is 11.8 Å². The van der Waals surface area contributed by atoms with E-state index in [-0.39, 0.29) is 12.3 Å². The molecule has 0 saturated carbocycles. The Bertz CT molecular complexity index is 1540. The quantitative estimate of drug-likeness (QED) is 0.384. The third kappa shape index (κ3) is 2.56. The molecule has 7 heteroatoms. The predicted octanol–water partition coefficient (Wildman–Crippen LogP) is 2.17. The number of aryl methyl sites for hydroxylation is 2. The normalized spacial score (nSPS) is 13.1. The van der Waals surface area contributed by atoms with Crippen LogP contribution in [-0.2, 0) is 14.1 Å². The van der Waals surface area contributed by atoms with E-state index in [1.54, 1.807) is 56.6 Å². The molecule has 31 heavy (non-hydrogen) atoms. The van der Waals surface area contributed by atoms with E-state index in [0.717, 1.165) is 4.90 Å². The average molecular weight is 411 g/mol. The number of aromatic nitrogens is 2. The second-order valence-corrected chi connectivity index (χ2v) is 7.37. The van der Waals surface area contributed by atoms with Crippen LogP contribution < -0.4 is 10.6 Å². The fourth-order valence-electron chi connectivity index (χ4n) is 4.21. The van der Waals surface area contributed by atoms with Crippen LogP contribution in [0.4, 0.5) is 5.69 Å². The molecule has 0 aliphatic carbocycles. The SMILES string of the molecule is Cn1c(=O)n(C)c2cc(N3C(=O)c4cccc5c(C#CCO)ccc(c45)C3=O)ccc21. The monoisotopic (exact) mass is 411 g/mol. The maximum absolute atomic E-state index is 13.4. The number of carbonyl (C=O) groups is 2. The lowest BCUT2D eigenvalue weighted by Gasteiger charge is -2.27. The Balaban J connectivity index is 1.72. The molecule has 1 aromatic heterocycles. The number of aliphatic hydroxyl groups excluding tert-OH is 1. The molecule has 0 saturated heterocycles. The Hall–Kier alpha value is -4.15. The standard InChI is InChI=1S/C24H17N3O4/c1-25-19-11-9-15(13-20(19)26(2)24(25)31)27-22(29)17-7-3-6-16-14(5-4-12-28)8-10-18(21(16)17)23(27)30/h3,6-11,13,28H,12H2,1-2H3. The third-order valence-electron chi connectivity index (χ3n) is 5.72. The fraction of sp³-hybridized carbons (Fsp3) is 0.125. The van der Waals surface area contributed by atoms with E-state index in [0.29, 0.717) is 44.2 Å².